The lowest BCUT2D eigenvalue weighted by Gasteiger charge is -2.15. The SMILES string of the molecule is CN(C)c1ccc(C(=O)C(O)c2ccc(N(C)C)cc2)cc1. The van der Waals surface area contributed by atoms with Gasteiger partial charge in [0.25, 0.3) is 0 Å². The fourth-order valence-corrected chi connectivity index (χ4v) is 2.19. The molecule has 0 aliphatic rings. The third kappa shape index (κ3) is 3.46. The third-order valence-electron chi connectivity index (χ3n) is 3.64. The number of anilines is 2. The lowest BCUT2D eigenvalue weighted by molar-refractivity contribution is 0.0747. The number of ketones is 1. The van der Waals surface area contributed by atoms with Gasteiger partial charge < -0.3 is 14.9 Å². The highest BCUT2D eigenvalue weighted by molar-refractivity contribution is 6.00. The first kappa shape index (κ1) is 16.0. The van der Waals surface area contributed by atoms with Crippen LogP contribution in [0.2, 0.25) is 0 Å². The van der Waals surface area contributed by atoms with E-state index < -0.39 is 6.10 Å². The highest BCUT2D eigenvalue weighted by atomic mass is 16.3. The number of benzene rings is 2. The molecule has 1 unspecified atom stereocenters. The van der Waals surface area contributed by atoms with E-state index in [1.54, 1.807) is 24.3 Å². The number of Topliss-reactive ketones (excluding diaryl/α,β-unsaturated/α-hetero) is 1. The van der Waals surface area contributed by atoms with Gasteiger partial charge in [-0.1, -0.05) is 12.1 Å². The molecule has 0 fully saturated rings. The lowest BCUT2D eigenvalue weighted by Crippen LogP contribution is -2.14. The van der Waals surface area contributed by atoms with Crippen LogP contribution in [0.1, 0.15) is 22.0 Å². The van der Waals surface area contributed by atoms with Crippen molar-refractivity contribution in [3.8, 4) is 0 Å². The number of aliphatic hydroxyl groups is 1. The van der Waals surface area contributed by atoms with Crippen molar-refractivity contribution in [3.05, 3.63) is 59.7 Å². The van der Waals surface area contributed by atoms with Gasteiger partial charge in [-0.25, -0.2) is 0 Å². The number of rotatable bonds is 5. The van der Waals surface area contributed by atoms with E-state index in [4.69, 9.17) is 0 Å². The lowest BCUT2D eigenvalue weighted by atomic mass is 9.99. The Kier molecular flexibility index (Phi) is 4.83. The van der Waals surface area contributed by atoms with Gasteiger partial charge in [-0.2, -0.15) is 0 Å². The molecule has 2 aromatic rings. The second-order valence-electron chi connectivity index (χ2n) is 5.69. The smallest absolute Gasteiger partial charge is 0.195 e. The van der Waals surface area contributed by atoms with E-state index in [2.05, 4.69) is 0 Å². The topological polar surface area (TPSA) is 43.8 Å². The first-order valence-corrected chi connectivity index (χ1v) is 7.17. The largest absolute Gasteiger partial charge is 0.380 e. The Morgan fingerprint density at radius 1 is 0.818 bits per heavy atom. The minimum atomic E-state index is -1.14. The van der Waals surface area contributed by atoms with Crippen molar-refractivity contribution in [1.82, 2.24) is 0 Å². The standard InChI is InChI=1S/C18H22N2O2/c1-19(2)15-9-5-13(6-10-15)17(21)18(22)14-7-11-16(12-8-14)20(3)4/h5-12,17,21H,1-4H3. The zero-order valence-corrected chi connectivity index (χ0v) is 13.4. The summed E-state index contributed by atoms with van der Waals surface area (Å²) >= 11 is 0. The van der Waals surface area contributed by atoms with Crippen LogP contribution in [-0.2, 0) is 0 Å². The molecular weight excluding hydrogens is 276 g/mol. The Balaban J connectivity index is 2.17. The summed E-state index contributed by atoms with van der Waals surface area (Å²) < 4.78 is 0. The Hall–Kier alpha value is -2.33. The van der Waals surface area contributed by atoms with Gasteiger partial charge >= 0.3 is 0 Å². The number of nitrogens with zero attached hydrogens (tertiary/aromatic N) is 2. The highest BCUT2D eigenvalue weighted by Gasteiger charge is 2.19. The zero-order chi connectivity index (χ0) is 16.3. The molecule has 22 heavy (non-hydrogen) atoms. The summed E-state index contributed by atoms with van der Waals surface area (Å²) in [5.74, 6) is -0.289. The van der Waals surface area contributed by atoms with Gasteiger partial charge in [-0.3, -0.25) is 4.79 Å². The second-order valence-corrected chi connectivity index (χ2v) is 5.69. The van der Waals surface area contributed by atoms with E-state index in [0.29, 0.717) is 11.1 Å². The molecule has 4 heteroatoms. The van der Waals surface area contributed by atoms with E-state index >= 15 is 0 Å². The first-order valence-electron chi connectivity index (χ1n) is 7.17. The monoisotopic (exact) mass is 298 g/mol. The van der Waals surface area contributed by atoms with Crippen LogP contribution in [0, 0.1) is 0 Å². The van der Waals surface area contributed by atoms with Crippen LogP contribution in [0.3, 0.4) is 0 Å². The van der Waals surface area contributed by atoms with Crippen LogP contribution >= 0.6 is 0 Å². The molecule has 0 aliphatic carbocycles. The normalized spacial score (nSPS) is 11.9. The van der Waals surface area contributed by atoms with Crippen molar-refractivity contribution in [1.29, 1.82) is 0 Å². The average Bonchev–Trinajstić information content (AvgIpc) is 2.53. The Bertz CT molecular complexity index is 631. The zero-order valence-electron chi connectivity index (χ0n) is 13.4. The van der Waals surface area contributed by atoms with Gasteiger partial charge in [0.2, 0.25) is 0 Å². The van der Waals surface area contributed by atoms with Crippen molar-refractivity contribution >= 4 is 17.2 Å². The van der Waals surface area contributed by atoms with E-state index in [0.717, 1.165) is 11.4 Å². The number of aliphatic hydroxyl groups excluding tert-OH is 1. The average molecular weight is 298 g/mol. The van der Waals surface area contributed by atoms with E-state index in [9.17, 15) is 9.90 Å². The summed E-state index contributed by atoms with van der Waals surface area (Å²) in [7, 11) is 7.78. The van der Waals surface area contributed by atoms with Crippen molar-refractivity contribution in [3.63, 3.8) is 0 Å². The van der Waals surface area contributed by atoms with Crippen LogP contribution in [0.25, 0.3) is 0 Å². The van der Waals surface area contributed by atoms with E-state index in [-0.39, 0.29) is 5.78 Å². The maximum Gasteiger partial charge on any atom is 0.195 e. The van der Waals surface area contributed by atoms with Crippen molar-refractivity contribution in [2.45, 2.75) is 6.10 Å². The Morgan fingerprint density at radius 3 is 1.64 bits per heavy atom. The second kappa shape index (κ2) is 6.62. The maximum atomic E-state index is 12.4. The number of carbonyl (C=O) groups excluding carboxylic acids is 1. The van der Waals surface area contributed by atoms with Crippen LogP contribution < -0.4 is 9.80 Å². The molecule has 4 nitrogen and oxygen atoms in total. The molecule has 116 valence electrons. The summed E-state index contributed by atoms with van der Waals surface area (Å²) in [6.07, 6.45) is -1.14. The third-order valence-corrected chi connectivity index (χ3v) is 3.64. The minimum absolute atomic E-state index is 0.289. The molecular formula is C18H22N2O2. The number of carbonyl (C=O) groups is 1. The Labute approximate surface area is 131 Å². The minimum Gasteiger partial charge on any atom is -0.380 e. The highest BCUT2D eigenvalue weighted by Crippen LogP contribution is 2.22. The van der Waals surface area contributed by atoms with Crippen LogP contribution in [0.15, 0.2) is 48.5 Å². The van der Waals surface area contributed by atoms with Gasteiger partial charge in [0, 0.05) is 45.1 Å². The molecule has 0 amide bonds. The molecule has 0 saturated heterocycles. The van der Waals surface area contributed by atoms with Gasteiger partial charge in [0.05, 0.1) is 0 Å². The molecule has 1 atom stereocenters. The summed E-state index contributed by atoms with van der Waals surface area (Å²) in [4.78, 5) is 16.3. The molecule has 0 heterocycles. The van der Waals surface area contributed by atoms with E-state index in [1.165, 1.54) is 0 Å². The molecule has 0 radical (unpaired) electrons. The molecule has 0 bridgehead atoms. The fraction of sp³-hybridized carbons (Fsp3) is 0.278. The molecule has 2 rings (SSSR count). The molecule has 2 aromatic carbocycles. The van der Waals surface area contributed by atoms with E-state index in [1.807, 2.05) is 62.3 Å². The fourth-order valence-electron chi connectivity index (χ4n) is 2.19. The quantitative estimate of drug-likeness (QED) is 0.862. The molecule has 0 aromatic heterocycles. The summed E-state index contributed by atoms with van der Waals surface area (Å²) in [6.45, 7) is 0. The molecule has 0 spiro atoms. The van der Waals surface area contributed by atoms with Gasteiger partial charge in [0.1, 0.15) is 6.10 Å². The number of hydrogen-bond acceptors (Lipinski definition) is 4. The summed E-state index contributed by atoms with van der Waals surface area (Å²) in [5, 5.41) is 10.3. The van der Waals surface area contributed by atoms with Crippen molar-refractivity contribution < 1.29 is 9.90 Å². The predicted octanol–water partition coefficient (Wildman–Crippen LogP) is 2.73. The van der Waals surface area contributed by atoms with Crippen LogP contribution in [-0.4, -0.2) is 39.1 Å². The summed E-state index contributed by atoms with van der Waals surface area (Å²) in [5.41, 5.74) is 3.15. The van der Waals surface area contributed by atoms with Crippen molar-refractivity contribution in [2.75, 3.05) is 38.0 Å². The molecule has 0 saturated carbocycles. The summed E-state index contributed by atoms with van der Waals surface area (Å²) in [6, 6.07) is 14.6. The Morgan fingerprint density at radius 2 is 1.23 bits per heavy atom. The first-order chi connectivity index (χ1) is 10.4. The maximum absolute atomic E-state index is 12.4. The van der Waals surface area contributed by atoms with Crippen LogP contribution in [0.5, 0.6) is 0 Å². The predicted molar refractivity (Wildman–Crippen MR) is 90.8 cm³/mol. The van der Waals surface area contributed by atoms with Gasteiger partial charge in [0.15, 0.2) is 5.78 Å². The number of hydrogen-bond donors (Lipinski definition) is 1. The molecule has 1 N–H and O–H groups in total. The van der Waals surface area contributed by atoms with Crippen LogP contribution in [0.4, 0.5) is 11.4 Å². The molecule has 0 aliphatic heterocycles. The van der Waals surface area contributed by atoms with Gasteiger partial charge in [-0.15, -0.1) is 0 Å². The van der Waals surface area contributed by atoms with Gasteiger partial charge in [-0.05, 0) is 42.0 Å². The van der Waals surface area contributed by atoms with Crippen molar-refractivity contribution in [2.24, 2.45) is 0 Å².